The molecule has 2 atom stereocenters. The smallest absolute Gasteiger partial charge is 0.140 e. The monoisotopic (exact) mass is 258 g/mol. The lowest BCUT2D eigenvalue weighted by atomic mass is 10.3. The molecule has 0 aromatic carbocycles. The first-order valence-corrected chi connectivity index (χ1v) is 6.81. The van der Waals surface area contributed by atoms with Gasteiger partial charge in [0.05, 0.1) is 11.9 Å². The van der Waals surface area contributed by atoms with Crippen molar-refractivity contribution in [3.05, 3.63) is 22.7 Å². The van der Waals surface area contributed by atoms with E-state index in [1.165, 1.54) is 0 Å². The minimum Gasteiger partial charge on any atom is -0.377 e. The Morgan fingerprint density at radius 2 is 2.38 bits per heavy atom. The zero-order valence-corrected chi connectivity index (χ0v) is 11.0. The molecule has 0 spiro atoms. The van der Waals surface area contributed by atoms with Gasteiger partial charge >= 0.3 is 0 Å². The molecule has 88 valence electrons. The van der Waals surface area contributed by atoms with E-state index in [4.69, 9.17) is 16.3 Å². The highest BCUT2D eigenvalue weighted by Gasteiger charge is 2.24. The maximum Gasteiger partial charge on any atom is 0.140 e. The van der Waals surface area contributed by atoms with Gasteiger partial charge in [0.1, 0.15) is 11.0 Å². The van der Waals surface area contributed by atoms with Crippen molar-refractivity contribution < 1.29 is 4.74 Å². The standard InChI is InChI=1S/C11H15ClN2OS/c1-7-5-10(12)14-11(13-7)6-16-9-3-4-15-8(9)2/h5,8-9H,3-4,6H2,1-2H3. The average molecular weight is 259 g/mol. The SMILES string of the molecule is Cc1cc(Cl)nc(CSC2CCOC2C)n1. The molecule has 2 rings (SSSR count). The number of nitrogens with zero attached hydrogens (tertiary/aromatic N) is 2. The van der Waals surface area contributed by atoms with Crippen molar-refractivity contribution >= 4 is 23.4 Å². The molecule has 1 aromatic rings. The van der Waals surface area contributed by atoms with Crippen LogP contribution in [0.1, 0.15) is 24.9 Å². The summed E-state index contributed by atoms with van der Waals surface area (Å²) in [5, 5.41) is 1.08. The Morgan fingerprint density at radius 1 is 1.56 bits per heavy atom. The van der Waals surface area contributed by atoms with E-state index in [1.807, 2.05) is 18.7 Å². The van der Waals surface area contributed by atoms with Crippen LogP contribution in [0.5, 0.6) is 0 Å². The zero-order valence-electron chi connectivity index (χ0n) is 9.44. The molecule has 1 aromatic heterocycles. The Kier molecular flexibility index (Phi) is 4.05. The second kappa shape index (κ2) is 5.34. The fraction of sp³-hybridized carbons (Fsp3) is 0.636. The normalized spacial score (nSPS) is 24.9. The third-order valence-electron chi connectivity index (χ3n) is 2.60. The predicted octanol–water partition coefficient (Wildman–Crippen LogP) is 2.85. The summed E-state index contributed by atoms with van der Waals surface area (Å²) in [5.74, 6) is 1.62. The van der Waals surface area contributed by atoms with Crippen LogP contribution < -0.4 is 0 Å². The number of rotatable bonds is 3. The highest BCUT2D eigenvalue weighted by atomic mass is 35.5. The predicted molar refractivity (Wildman–Crippen MR) is 66.9 cm³/mol. The largest absolute Gasteiger partial charge is 0.377 e. The van der Waals surface area contributed by atoms with Gasteiger partial charge in [-0.15, -0.1) is 11.8 Å². The average Bonchev–Trinajstić information content (AvgIpc) is 2.59. The first kappa shape index (κ1) is 12.1. The number of ether oxygens (including phenoxy) is 1. The number of halogens is 1. The van der Waals surface area contributed by atoms with Gasteiger partial charge in [0.2, 0.25) is 0 Å². The van der Waals surface area contributed by atoms with Crippen molar-refractivity contribution in [1.29, 1.82) is 0 Å². The second-order valence-corrected chi connectivity index (χ2v) is 5.58. The number of aryl methyl sites for hydroxylation is 1. The maximum absolute atomic E-state index is 5.89. The quantitative estimate of drug-likeness (QED) is 0.781. The first-order valence-electron chi connectivity index (χ1n) is 5.38. The van der Waals surface area contributed by atoms with Gasteiger partial charge in [-0.25, -0.2) is 9.97 Å². The highest BCUT2D eigenvalue weighted by molar-refractivity contribution is 7.99. The molecule has 3 nitrogen and oxygen atoms in total. The molecule has 0 N–H and O–H groups in total. The summed E-state index contributed by atoms with van der Waals surface area (Å²) in [6.07, 6.45) is 1.45. The van der Waals surface area contributed by atoms with Crippen LogP contribution in [0.2, 0.25) is 5.15 Å². The van der Waals surface area contributed by atoms with Gasteiger partial charge in [-0.1, -0.05) is 11.6 Å². The molecular formula is C11H15ClN2OS. The third-order valence-corrected chi connectivity index (χ3v) is 4.27. The van der Waals surface area contributed by atoms with Crippen LogP contribution in [-0.4, -0.2) is 27.9 Å². The van der Waals surface area contributed by atoms with E-state index < -0.39 is 0 Å². The van der Waals surface area contributed by atoms with Crippen molar-refractivity contribution in [1.82, 2.24) is 9.97 Å². The van der Waals surface area contributed by atoms with Gasteiger partial charge in [0, 0.05) is 17.6 Å². The summed E-state index contributed by atoms with van der Waals surface area (Å²) in [6.45, 7) is 4.92. The summed E-state index contributed by atoms with van der Waals surface area (Å²) < 4.78 is 5.51. The third kappa shape index (κ3) is 3.09. The first-order chi connectivity index (χ1) is 7.65. The molecule has 0 bridgehead atoms. The molecule has 1 saturated heterocycles. The molecule has 0 saturated carbocycles. The van der Waals surface area contributed by atoms with E-state index in [9.17, 15) is 0 Å². The summed E-state index contributed by atoms with van der Waals surface area (Å²) in [5.41, 5.74) is 0.923. The lowest BCUT2D eigenvalue weighted by Crippen LogP contribution is -2.13. The number of aromatic nitrogens is 2. The van der Waals surface area contributed by atoms with E-state index in [1.54, 1.807) is 6.07 Å². The van der Waals surface area contributed by atoms with Crippen molar-refractivity contribution in [2.45, 2.75) is 37.4 Å². The van der Waals surface area contributed by atoms with E-state index in [-0.39, 0.29) is 0 Å². The lowest BCUT2D eigenvalue weighted by molar-refractivity contribution is 0.127. The Labute approximate surface area is 105 Å². The van der Waals surface area contributed by atoms with Crippen LogP contribution in [0.25, 0.3) is 0 Å². The number of hydrogen-bond acceptors (Lipinski definition) is 4. The number of hydrogen-bond donors (Lipinski definition) is 0. The Hall–Kier alpha value is -0.320. The Morgan fingerprint density at radius 3 is 3.00 bits per heavy atom. The summed E-state index contributed by atoms with van der Waals surface area (Å²) in [7, 11) is 0. The molecule has 2 unspecified atom stereocenters. The molecule has 1 fully saturated rings. The van der Waals surface area contributed by atoms with E-state index >= 15 is 0 Å². The molecule has 1 aliphatic rings. The summed E-state index contributed by atoms with van der Waals surface area (Å²) >= 11 is 7.74. The minimum absolute atomic E-state index is 0.338. The molecule has 0 amide bonds. The maximum atomic E-state index is 5.89. The Bertz CT molecular complexity index is 355. The minimum atomic E-state index is 0.338. The van der Waals surface area contributed by atoms with Gasteiger partial charge in [0.25, 0.3) is 0 Å². The molecule has 5 heteroatoms. The second-order valence-electron chi connectivity index (χ2n) is 3.96. The van der Waals surface area contributed by atoms with Crippen LogP contribution in [0.4, 0.5) is 0 Å². The number of thioether (sulfide) groups is 1. The highest BCUT2D eigenvalue weighted by Crippen LogP contribution is 2.28. The zero-order chi connectivity index (χ0) is 11.5. The van der Waals surface area contributed by atoms with Crippen molar-refractivity contribution in [2.24, 2.45) is 0 Å². The molecular weight excluding hydrogens is 244 g/mol. The molecule has 0 aliphatic carbocycles. The van der Waals surface area contributed by atoms with Gasteiger partial charge in [-0.3, -0.25) is 0 Å². The van der Waals surface area contributed by atoms with Gasteiger partial charge in [0.15, 0.2) is 0 Å². The summed E-state index contributed by atoms with van der Waals surface area (Å²) in [6, 6.07) is 1.77. The Balaban J connectivity index is 1.94. The van der Waals surface area contributed by atoms with Gasteiger partial charge < -0.3 is 4.74 Å². The van der Waals surface area contributed by atoms with Crippen LogP contribution in [0.15, 0.2) is 6.07 Å². The van der Waals surface area contributed by atoms with Crippen LogP contribution >= 0.6 is 23.4 Å². The van der Waals surface area contributed by atoms with Crippen molar-refractivity contribution in [2.75, 3.05) is 6.61 Å². The van der Waals surface area contributed by atoms with E-state index in [0.717, 1.165) is 30.3 Å². The fourth-order valence-corrected chi connectivity index (χ4v) is 3.13. The van der Waals surface area contributed by atoms with E-state index in [2.05, 4.69) is 16.9 Å². The van der Waals surface area contributed by atoms with Gasteiger partial charge in [-0.2, -0.15) is 0 Å². The fourth-order valence-electron chi connectivity index (χ4n) is 1.77. The van der Waals surface area contributed by atoms with E-state index in [0.29, 0.717) is 16.5 Å². The lowest BCUT2D eigenvalue weighted by Gasteiger charge is -2.12. The van der Waals surface area contributed by atoms with Crippen LogP contribution in [0.3, 0.4) is 0 Å². The summed E-state index contributed by atoms with van der Waals surface area (Å²) in [4.78, 5) is 8.58. The van der Waals surface area contributed by atoms with Crippen molar-refractivity contribution in [3.63, 3.8) is 0 Å². The van der Waals surface area contributed by atoms with Gasteiger partial charge in [-0.05, 0) is 26.3 Å². The topological polar surface area (TPSA) is 35.0 Å². The van der Waals surface area contributed by atoms with Crippen LogP contribution in [0, 0.1) is 6.92 Å². The molecule has 2 heterocycles. The molecule has 1 aliphatic heterocycles. The molecule has 0 radical (unpaired) electrons. The van der Waals surface area contributed by atoms with Crippen LogP contribution in [-0.2, 0) is 10.5 Å². The van der Waals surface area contributed by atoms with Crippen molar-refractivity contribution in [3.8, 4) is 0 Å². The molecule has 16 heavy (non-hydrogen) atoms.